The van der Waals surface area contributed by atoms with Crippen LogP contribution >= 0.6 is 0 Å². The Bertz CT molecular complexity index is 252. The van der Waals surface area contributed by atoms with Crippen LogP contribution in [0.1, 0.15) is 39.5 Å². The van der Waals surface area contributed by atoms with Gasteiger partial charge in [-0.3, -0.25) is 4.79 Å². The molecule has 0 spiro atoms. The van der Waals surface area contributed by atoms with Crippen molar-refractivity contribution >= 4 is 5.91 Å². The largest absolute Gasteiger partial charge is 0.393 e. The monoisotopic (exact) mass is 211 g/mol. The van der Waals surface area contributed by atoms with Gasteiger partial charge in [0.25, 0.3) is 0 Å². The molecule has 1 aliphatic heterocycles. The zero-order valence-corrected chi connectivity index (χ0v) is 9.65. The summed E-state index contributed by atoms with van der Waals surface area (Å²) in [5.41, 5.74) is 0. The minimum absolute atomic E-state index is 0.168. The summed E-state index contributed by atoms with van der Waals surface area (Å²) in [4.78, 5) is 14.0. The van der Waals surface area contributed by atoms with Gasteiger partial charge in [0.05, 0.1) is 6.10 Å². The lowest BCUT2D eigenvalue weighted by molar-refractivity contribution is -0.132. The van der Waals surface area contributed by atoms with Gasteiger partial charge in [0.15, 0.2) is 0 Å². The molecular weight excluding hydrogens is 190 g/mol. The first kappa shape index (κ1) is 10.9. The SMILES string of the molecule is CC(C)CC(=O)N1CC2CC1CCC2O. The maximum absolute atomic E-state index is 11.9. The molecule has 1 saturated heterocycles. The molecule has 1 amide bonds. The lowest BCUT2D eigenvalue weighted by atomic mass is 9.88. The Hall–Kier alpha value is -0.570. The number of nitrogens with zero attached hydrogens (tertiary/aromatic N) is 1. The lowest BCUT2D eigenvalue weighted by Gasteiger charge is -2.26. The van der Waals surface area contributed by atoms with E-state index < -0.39 is 0 Å². The van der Waals surface area contributed by atoms with Gasteiger partial charge >= 0.3 is 0 Å². The Morgan fingerprint density at radius 3 is 2.80 bits per heavy atom. The Kier molecular flexibility index (Phi) is 3.01. The van der Waals surface area contributed by atoms with Gasteiger partial charge in [-0.1, -0.05) is 13.8 Å². The molecule has 1 saturated carbocycles. The molecule has 3 unspecified atom stereocenters. The second-order valence-corrected chi connectivity index (χ2v) is 5.44. The summed E-state index contributed by atoms with van der Waals surface area (Å²) in [6, 6.07) is 0.421. The maximum atomic E-state index is 11.9. The summed E-state index contributed by atoms with van der Waals surface area (Å²) in [5.74, 6) is 1.06. The number of aliphatic hydroxyl groups is 1. The van der Waals surface area contributed by atoms with Crippen LogP contribution < -0.4 is 0 Å². The number of amides is 1. The van der Waals surface area contributed by atoms with Crippen LogP contribution in [0, 0.1) is 11.8 Å². The summed E-state index contributed by atoms with van der Waals surface area (Å²) in [6.45, 7) is 4.95. The van der Waals surface area contributed by atoms with E-state index in [1.165, 1.54) is 0 Å². The summed E-state index contributed by atoms with van der Waals surface area (Å²) >= 11 is 0. The third-order valence-electron chi connectivity index (χ3n) is 3.69. The van der Waals surface area contributed by atoms with Gasteiger partial charge in [-0.05, 0) is 25.2 Å². The van der Waals surface area contributed by atoms with Crippen molar-refractivity contribution in [3.63, 3.8) is 0 Å². The van der Waals surface area contributed by atoms with E-state index in [-0.39, 0.29) is 12.0 Å². The molecule has 0 radical (unpaired) electrons. The third-order valence-corrected chi connectivity index (χ3v) is 3.69. The van der Waals surface area contributed by atoms with Crippen LogP contribution in [-0.4, -0.2) is 34.6 Å². The smallest absolute Gasteiger partial charge is 0.223 e. The number of likely N-dealkylation sites (tertiary alicyclic amines) is 1. The predicted molar refractivity (Wildman–Crippen MR) is 58.3 cm³/mol. The lowest BCUT2D eigenvalue weighted by Crippen LogP contribution is -2.35. The van der Waals surface area contributed by atoms with Gasteiger partial charge in [-0.2, -0.15) is 0 Å². The molecule has 2 aliphatic rings. The highest BCUT2D eigenvalue weighted by molar-refractivity contribution is 5.77. The number of hydrogen-bond donors (Lipinski definition) is 1. The van der Waals surface area contributed by atoms with Crippen molar-refractivity contribution in [1.82, 2.24) is 4.90 Å². The molecule has 3 heteroatoms. The quantitative estimate of drug-likeness (QED) is 0.750. The van der Waals surface area contributed by atoms with E-state index >= 15 is 0 Å². The first-order valence-corrected chi connectivity index (χ1v) is 6.05. The van der Waals surface area contributed by atoms with Crippen molar-refractivity contribution in [3.05, 3.63) is 0 Å². The standard InChI is InChI=1S/C12H21NO2/c1-8(2)5-12(15)13-7-9-6-10(13)3-4-11(9)14/h8-11,14H,3-7H2,1-2H3. The van der Waals surface area contributed by atoms with E-state index in [0.29, 0.717) is 24.3 Å². The van der Waals surface area contributed by atoms with Crippen LogP contribution in [0.3, 0.4) is 0 Å². The van der Waals surface area contributed by atoms with Crippen LogP contribution in [0.4, 0.5) is 0 Å². The Morgan fingerprint density at radius 1 is 1.47 bits per heavy atom. The van der Waals surface area contributed by atoms with E-state index in [1.807, 2.05) is 4.90 Å². The predicted octanol–water partition coefficient (Wildman–Crippen LogP) is 1.40. The highest BCUT2D eigenvalue weighted by atomic mass is 16.3. The zero-order valence-electron chi connectivity index (χ0n) is 9.65. The van der Waals surface area contributed by atoms with E-state index in [0.717, 1.165) is 25.8 Å². The molecular formula is C12H21NO2. The number of rotatable bonds is 2. The Morgan fingerprint density at radius 2 is 2.20 bits per heavy atom. The minimum atomic E-state index is -0.168. The summed E-state index contributed by atoms with van der Waals surface area (Å²) < 4.78 is 0. The maximum Gasteiger partial charge on any atom is 0.223 e. The molecule has 2 bridgehead atoms. The van der Waals surface area contributed by atoms with Crippen molar-refractivity contribution in [1.29, 1.82) is 0 Å². The van der Waals surface area contributed by atoms with Gasteiger partial charge in [-0.15, -0.1) is 0 Å². The highest BCUT2D eigenvalue weighted by Gasteiger charge is 2.41. The second kappa shape index (κ2) is 4.12. The molecule has 0 aromatic rings. The fourth-order valence-electron chi connectivity index (χ4n) is 2.88. The average molecular weight is 211 g/mol. The number of carbonyl (C=O) groups is 1. The summed E-state index contributed by atoms with van der Waals surface area (Å²) in [5, 5.41) is 9.74. The van der Waals surface area contributed by atoms with Crippen LogP contribution in [0.15, 0.2) is 0 Å². The van der Waals surface area contributed by atoms with Gasteiger partial charge in [0.2, 0.25) is 5.91 Å². The average Bonchev–Trinajstić information content (AvgIpc) is 2.50. The van der Waals surface area contributed by atoms with Crippen molar-refractivity contribution in [2.24, 2.45) is 11.8 Å². The van der Waals surface area contributed by atoms with E-state index in [9.17, 15) is 9.90 Å². The molecule has 0 aromatic carbocycles. The molecule has 3 atom stereocenters. The van der Waals surface area contributed by atoms with Gasteiger partial charge in [0, 0.05) is 24.9 Å². The van der Waals surface area contributed by atoms with Crippen molar-refractivity contribution < 1.29 is 9.90 Å². The van der Waals surface area contributed by atoms with Gasteiger partial charge < -0.3 is 10.0 Å². The number of carbonyl (C=O) groups excluding carboxylic acids is 1. The van der Waals surface area contributed by atoms with Gasteiger partial charge in [-0.25, -0.2) is 0 Å². The molecule has 1 aliphatic carbocycles. The molecule has 3 nitrogen and oxygen atoms in total. The molecule has 15 heavy (non-hydrogen) atoms. The molecule has 2 fully saturated rings. The topological polar surface area (TPSA) is 40.5 Å². The highest BCUT2D eigenvalue weighted by Crippen LogP contribution is 2.36. The first-order chi connectivity index (χ1) is 7.08. The third kappa shape index (κ3) is 2.17. The normalized spacial score (nSPS) is 34.9. The molecule has 86 valence electrons. The van der Waals surface area contributed by atoms with Crippen LogP contribution in [0.2, 0.25) is 0 Å². The van der Waals surface area contributed by atoms with Crippen LogP contribution in [0.5, 0.6) is 0 Å². The fraction of sp³-hybridized carbons (Fsp3) is 0.917. The fourth-order valence-corrected chi connectivity index (χ4v) is 2.88. The number of aliphatic hydroxyl groups excluding tert-OH is 1. The van der Waals surface area contributed by atoms with Crippen molar-refractivity contribution in [3.8, 4) is 0 Å². The number of hydrogen-bond acceptors (Lipinski definition) is 2. The first-order valence-electron chi connectivity index (χ1n) is 6.05. The summed E-state index contributed by atoms with van der Waals surface area (Å²) in [6.07, 6.45) is 3.37. The molecule has 0 aromatic heterocycles. The zero-order chi connectivity index (χ0) is 11.0. The summed E-state index contributed by atoms with van der Waals surface area (Å²) in [7, 11) is 0. The van der Waals surface area contributed by atoms with Crippen molar-refractivity contribution in [2.75, 3.05) is 6.54 Å². The molecule has 1 heterocycles. The Labute approximate surface area is 91.5 Å². The van der Waals surface area contributed by atoms with Crippen molar-refractivity contribution in [2.45, 2.75) is 51.7 Å². The number of fused-ring (bicyclic) bond motifs is 2. The van der Waals surface area contributed by atoms with Crippen LogP contribution in [-0.2, 0) is 4.79 Å². The van der Waals surface area contributed by atoms with E-state index in [4.69, 9.17) is 0 Å². The minimum Gasteiger partial charge on any atom is -0.393 e. The Balaban J connectivity index is 1.97. The van der Waals surface area contributed by atoms with Gasteiger partial charge in [0.1, 0.15) is 0 Å². The molecule has 2 rings (SSSR count). The second-order valence-electron chi connectivity index (χ2n) is 5.44. The molecule has 1 N–H and O–H groups in total. The van der Waals surface area contributed by atoms with E-state index in [1.54, 1.807) is 0 Å². The van der Waals surface area contributed by atoms with Crippen LogP contribution in [0.25, 0.3) is 0 Å². The van der Waals surface area contributed by atoms with E-state index in [2.05, 4.69) is 13.8 Å².